The summed E-state index contributed by atoms with van der Waals surface area (Å²) in [7, 11) is 4.13. The molecular weight excluding hydrogens is 498 g/mol. The van der Waals surface area contributed by atoms with Crippen LogP contribution in [0.15, 0.2) is 79.9 Å². The zero-order valence-corrected chi connectivity index (χ0v) is 23.1. The van der Waals surface area contributed by atoms with Gasteiger partial charge < -0.3 is 24.7 Å². The van der Waals surface area contributed by atoms with E-state index in [0.29, 0.717) is 0 Å². The number of aromatic amines is 1. The number of carbonyl (C=O) groups is 1. The number of imidazole rings is 1. The van der Waals surface area contributed by atoms with Gasteiger partial charge in [-0.1, -0.05) is 30.8 Å². The number of amides is 1. The van der Waals surface area contributed by atoms with Crippen molar-refractivity contribution in [3.8, 4) is 33.6 Å². The highest BCUT2D eigenvalue weighted by Crippen LogP contribution is 2.40. The molecule has 6 rings (SSSR count). The maximum absolute atomic E-state index is 12.2. The van der Waals surface area contributed by atoms with E-state index in [1.54, 1.807) is 6.33 Å². The molecule has 0 atom stereocenters. The van der Waals surface area contributed by atoms with Gasteiger partial charge in [0, 0.05) is 73.5 Å². The number of hydrogen-bond acceptors (Lipinski definition) is 5. The quantitative estimate of drug-likeness (QED) is 0.284. The van der Waals surface area contributed by atoms with Crippen LogP contribution in [0.1, 0.15) is 5.56 Å². The highest BCUT2D eigenvalue weighted by Gasteiger charge is 2.20. The van der Waals surface area contributed by atoms with Crippen LogP contribution in [0.3, 0.4) is 0 Å². The minimum absolute atomic E-state index is 0.238. The van der Waals surface area contributed by atoms with Gasteiger partial charge in [-0.2, -0.15) is 0 Å². The van der Waals surface area contributed by atoms with E-state index < -0.39 is 0 Å². The third kappa shape index (κ3) is 4.89. The van der Waals surface area contributed by atoms with Crippen LogP contribution in [0.2, 0.25) is 0 Å². The highest BCUT2D eigenvalue weighted by atomic mass is 16.1. The topological polar surface area (TPSA) is 82.1 Å². The molecule has 0 aliphatic carbocycles. The zero-order valence-electron chi connectivity index (χ0n) is 23.1. The number of pyridine rings is 1. The number of hydrogen-bond donors (Lipinski definition) is 2. The summed E-state index contributed by atoms with van der Waals surface area (Å²) in [6, 6.07) is 17.0. The summed E-state index contributed by atoms with van der Waals surface area (Å²) in [6.07, 6.45) is 6.92. The van der Waals surface area contributed by atoms with Crippen LogP contribution in [-0.4, -0.2) is 63.6 Å². The van der Waals surface area contributed by atoms with Gasteiger partial charge in [0.05, 0.1) is 17.7 Å². The number of likely N-dealkylation sites (N-methyl/N-ethyl adjacent to an activating group) is 1. The number of rotatable bonds is 6. The van der Waals surface area contributed by atoms with E-state index >= 15 is 0 Å². The summed E-state index contributed by atoms with van der Waals surface area (Å²) in [6.45, 7) is 9.76. The van der Waals surface area contributed by atoms with Gasteiger partial charge in [-0.3, -0.25) is 4.79 Å². The Hall–Kier alpha value is -4.69. The number of nitrogens with zero attached hydrogens (tertiary/aromatic N) is 5. The first-order valence-electron chi connectivity index (χ1n) is 13.5. The van der Waals surface area contributed by atoms with Crippen molar-refractivity contribution in [3.05, 3.63) is 85.5 Å². The summed E-state index contributed by atoms with van der Waals surface area (Å²) in [5.74, 6) is -0.238. The van der Waals surface area contributed by atoms with Gasteiger partial charge in [0.2, 0.25) is 5.91 Å². The Morgan fingerprint density at radius 3 is 2.42 bits per heavy atom. The van der Waals surface area contributed by atoms with Gasteiger partial charge in [-0.25, -0.2) is 9.97 Å². The molecule has 5 aromatic rings. The monoisotopic (exact) mass is 531 g/mol. The van der Waals surface area contributed by atoms with Crippen molar-refractivity contribution in [3.63, 3.8) is 0 Å². The smallest absolute Gasteiger partial charge is 0.247 e. The average Bonchev–Trinajstić information content (AvgIpc) is 3.58. The molecule has 4 heterocycles. The fraction of sp³-hybridized carbons (Fsp3) is 0.219. The molecule has 0 saturated carbocycles. The molecule has 1 aliphatic heterocycles. The number of piperazine rings is 1. The Balaban J connectivity index is 1.48. The molecule has 1 amide bonds. The van der Waals surface area contributed by atoms with Crippen LogP contribution < -0.4 is 10.2 Å². The molecule has 3 aromatic heterocycles. The number of carbonyl (C=O) groups excluding carboxylic acids is 1. The highest BCUT2D eigenvalue weighted by molar-refractivity contribution is 6.05. The summed E-state index contributed by atoms with van der Waals surface area (Å²) < 4.78 is 1.93. The van der Waals surface area contributed by atoms with Crippen molar-refractivity contribution in [1.29, 1.82) is 0 Å². The standard InChI is InChI=1S/C32H33N7O/c1-5-29(40)35-27-17-23(7-6-21(27)2)30-26-16-24(28-19-38(4)20-34-28)18-33-32(26)36-31(30)22-8-10-25(11-9-22)39-14-12-37(3)13-15-39/h5-11,16-20H,1,12-15H2,2-4H3,(H,33,36)(H,35,40). The molecule has 8 nitrogen and oxygen atoms in total. The first kappa shape index (κ1) is 25.6. The lowest BCUT2D eigenvalue weighted by Gasteiger charge is -2.34. The maximum atomic E-state index is 12.2. The Morgan fingerprint density at radius 2 is 1.73 bits per heavy atom. The Labute approximate surface area is 234 Å². The van der Waals surface area contributed by atoms with Crippen molar-refractivity contribution in [2.45, 2.75) is 6.92 Å². The normalized spacial score (nSPS) is 14.0. The van der Waals surface area contributed by atoms with Crippen molar-refractivity contribution in [1.82, 2.24) is 24.4 Å². The average molecular weight is 532 g/mol. The number of benzene rings is 2. The SMILES string of the molecule is C=CC(=O)Nc1cc(-c2c(-c3ccc(N4CCN(C)CC4)cc3)[nH]c3ncc(-c4cn(C)cn4)cc23)ccc1C. The number of fused-ring (bicyclic) bond motifs is 1. The number of anilines is 2. The molecule has 40 heavy (non-hydrogen) atoms. The third-order valence-corrected chi connectivity index (χ3v) is 7.64. The van der Waals surface area contributed by atoms with Gasteiger partial charge in [0.1, 0.15) is 5.65 Å². The van der Waals surface area contributed by atoms with E-state index in [9.17, 15) is 4.79 Å². The number of aryl methyl sites for hydroxylation is 2. The lowest BCUT2D eigenvalue weighted by Crippen LogP contribution is -2.44. The van der Waals surface area contributed by atoms with Crippen LogP contribution in [0.4, 0.5) is 11.4 Å². The molecular formula is C32H33N7O. The molecule has 202 valence electrons. The second kappa shape index (κ2) is 10.5. The summed E-state index contributed by atoms with van der Waals surface area (Å²) in [5, 5.41) is 3.94. The fourth-order valence-corrected chi connectivity index (χ4v) is 5.29. The molecule has 0 bridgehead atoms. The second-order valence-electron chi connectivity index (χ2n) is 10.5. The van der Waals surface area contributed by atoms with E-state index in [0.717, 1.165) is 82.1 Å². The second-order valence-corrected chi connectivity index (χ2v) is 10.5. The van der Waals surface area contributed by atoms with Crippen LogP contribution in [0.5, 0.6) is 0 Å². The van der Waals surface area contributed by atoms with Crippen LogP contribution in [-0.2, 0) is 11.8 Å². The predicted molar refractivity (Wildman–Crippen MR) is 162 cm³/mol. The third-order valence-electron chi connectivity index (χ3n) is 7.64. The van der Waals surface area contributed by atoms with E-state index in [1.165, 1.54) is 11.8 Å². The Bertz CT molecular complexity index is 1710. The zero-order chi connectivity index (χ0) is 27.8. The molecule has 2 aromatic carbocycles. The molecule has 0 radical (unpaired) electrons. The molecule has 2 N–H and O–H groups in total. The first-order valence-corrected chi connectivity index (χ1v) is 13.5. The van der Waals surface area contributed by atoms with Crippen molar-refractivity contribution < 1.29 is 4.79 Å². The van der Waals surface area contributed by atoms with Crippen LogP contribution in [0.25, 0.3) is 44.7 Å². The molecule has 8 heteroatoms. The minimum atomic E-state index is -0.238. The molecule has 1 saturated heterocycles. The summed E-state index contributed by atoms with van der Waals surface area (Å²) >= 11 is 0. The molecule has 1 aliphatic rings. The lowest BCUT2D eigenvalue weighted by molar-refractivity contribution is -0.111. The largest absolute Gasteiger partial charge is 0.369 e. The summed E-state index contributed by atoms with van der Waals surface area (Å²) in [5.41, 5.74) is 9.63. The van der Waals surface area contributed by atoms with Gasteiger partial charge in [0.15, 0.2) is 0 Å². The van der Waals surface area contributed by atoms with Crippen LogP contribution >= 0.6 is 0 Å². The molecule has 1 fully saturated rings. The van der Waals surface area contributed by atoms with Crippen molar-refractivity contribution in [2.24, 2.45) is 7.05 Å². The number of H-pyrrole nitrogens is 1. The van der Waals surface area contributed by atoms with Crippen LogP contribution in [0, 0.1) is 6.92 Å². The van der Waals surface area contributed by atoms with Gasteiger partial charge >= 0.3 is 0 Å². The van der Waals surface area contributed by atoms with E-state index in [4.69, 9.17) is 4.98 Å². The van der Waals surface area contributed by atoms with Gasteiger partial charge in [-0.05, 0) is 61.0 Å². The first-order chi connectivity index (χ1) is 19.4. The number of aromatic nitrogens is 4. The Kier molecular flexibility index (Phi) is 6.69. The van der Waals surface area contributed by atoms with E-state index in [2.05, 4.69) is 75.1 Å². The summed E-state index contributed by atoms with van der Waals surface area (Å²) in [4.78, 5) is 29.9. The predicted octanol–water partition coefficient (Wildman–Crippen LogP) is 5.48. The fourth-order valence-electron chi connectivity index (χ4n) is 5.29. The minimum Gasteiger partial charge on any atom is -0.369 e. The lowest BCUT2D eigenvalue weighted by atomic mass is 9.96. The maximum Gasteiger partial charge on any atom is 0.247 e. The van der Waals surface area contributed by atoms with Crippen molar-refractivity contribution in [2.75, 3.05) is 43.4 Å². The number of nitrogens with one attached hydrogen (secondary N) is 2. The van der Waals surface area contributed by atoms with Gasteiger partial charge in [-0.15, -0.1) is 0 Å². The van der Waals surface area contributed by atoms with Gasteiger partial charge in [0.25, 0.3) is 0 Å². The molecule has 0 unspecified atom stereocenters. The Morgan fingerprint density at radius 1 is 0.975 bits per heavy atom. The van der Waals surface area contributed by atoms with E-state index in [1.807, 2.05) is 43.1 Å². The van der Waals surface area contributed by atoms with E-state index in [-0.39, 0.29) is 5.91 Å². The molecule has 0 spiro atoms. The van der Waals surface area contributed by atoms with Crippen molar-refractivity contribution >= 4 is 28.3 Å².